The molecule has 0 bridgehead atoms. The van der Waals surface area contributed by atoms with E-state index in [9.17, 15) is 9.90 Å². The van der Waals surface area contributed by atoms with E-state index in [-0.39, 0.29) is 31.0 Å². The standard InChI is InChI=1S/C20H23NO4/c1-13-16-11-19(25-3)18(24-2)9-15(16)10-20(23)21(13)17(12-22)14-7-5-4-6-8-14/h4-9,11,13,17,22H,10,12H2,1-3H3/t13-,17+/m0/s1. The van der Waals surface area contributed by atoms with Crippen LogP contribution in [-0.4, -0.2) is 36.7 Å². The van der Waals surface area contributed by atoms with E-state index >= 15 is 0 Å². The van der Waals surface area contributed by atoms with E-state index in [1.54, 1.807) is 19.1 Å². The first-order chi connectivity index (χ1) is 12.1. The average Bonchev–Trinajstić information content (AvgIpc) is 2.64. The number of nitrogens with zero attached hydrogens (tertiary/aromatic N) is 1. The molecular formula is C20H23NO4. The minimum Gasteiger partial charge on any atom is -0.493 e. The second-order valence-corrected chi connectivity index (χ2v) is 6.17. The smallest absolute Gasteiger partial charge is 0.228 e. The Morgan fingerprint density at radius 3 is 2.40 bits per heavy atom. The molecule has 132 valence electrons. The summed E-state index contributed by atoms with van der Waals surface area (Å²) in [4.78, 5) is 14.6. The number of amides is 1. The molecule has 1 aliphatic heterocycles. The Morgan fingerprint density at radius 1 is 1.16 bits per heavy atom. The molecule has 2 atom stereocenters. The fraction of sp³-hybridized carbons (Fsp3) is 0.350. The fourth-order valence-corrected chi connectivity index (χ4v) is 3.57. The molecule has 0 saturated heterocycles. The fourth-order valence-electron chi connectivity index (χ4n) is 3.57. The zero-order valence-electron chi connectivity index (χ0n) is 14.7. The minimum atomic E-state index is -0.370. The van der Waals surface area contributed by atoms with Crippen LogP contribution in [0, 0.1) is 0 Å². The van der Waals surface area contributed by atoms with Crippen LogP contribution in [0.25, 0.3) is 0 Å². The van der Waals surface area contributed by atoms with Crippen molar-refractivity contribution < 1.29 is 19.4 Å². The SMILES string of the molecule is COc1cc2c(cc1OC)[C@H](C)N([C@H](CO)c1ccccc1)C(=O)C2. The molecule has 0 aliphatic carbocycles. The van der Waals surface area contributed by atoms with Gasteiger partial charge in [-0.05, 0) is 35.7 Å². The van der Waals surface area contributed by atoms with Gasteiger partial charge in [0.05, 0.1) is 39.3 Å². The van der Waals surface area contributed by atoms with Gasteiger partial charge >= 0.3 is 0 Å². The van der Waals surface area contributed by atoms with E-state index in [2.05, 4.69) is 0 Å². The zero-order valence-corrected chi connectivity index (χ0v) is 14.7. The topological polar surface area (TPSA) is 59.0 Å². The highest BCUT2D eigenvalue weighted by Crippen LogP contribution is 2.41. The molecule has 0 spiro atoms. The molecule has 0 radical (unpaired) electrons. The quantitative estimate of drug-likeness (QED) is 0.908. The van der Waals surface area contributed by atoms with Gasteiger partial charge < -0.3 is 19.5 Å². The van der Waals surface area contributed by atoms with Gasteiger partial charge in [-0.2, -0.15) is 0 Å². The summed E-state index contributed by atoms with van der Waals surface area (Å²) in [6, 6.07) is 12.9. The van der Waals surface area contributed by atoms with E-state index in [1.807, 2.05) is 49.4 Å². The normalized spacial score (nSPS) is 17.8. The van der Waals surface area contributed by atoms with Crippen LogP contribution >= 0.6 is 0 Å². The minimum absolute atomic E-state index is 0.00452. The third-order valence-electron chi connectivity index (χ3n) is 4.84. The Bertz CT molecular complexity index is 760. The number of benzene rings is 2. The molecule has 1 aliphatic rings. The highest BCUT2D eigenvalue weighted by Gasteiger charge is 2.35. The lowest BCUT2D eigenvalue weighted by Gasteiger charge is -2.40. The van der Waals surface area contributed by atoms with Crippen LogP contribution in [0.4, 0.5) is 0 Å². The average molecular weight is 341 g/mol. The van der Waals surface area contributed by atoms with Crippen LogP contribution in [0.1, 0.15) is 35.7 Å². The van der Waals surface area contributed by atoms with Crippen LogP contribution in [0.15, 0.2) is 42.5 Å². The molecule has 0 aromatic heterocycles. The summed E-state index contributed by atoms with van der Waals surface area (Å²) in [5.74, 6) is 1.26. The maximum atomic E-state index is 12.8. The van der Waals surface area contributed by atoms with Crippen molar-refractivity contribution in [1.82, 2.24) is 4.90 Å². The van der Waals surface area contributed by atoms with E-state index < -0.39 is 0 Å². The van der Waals surface area contributed by atoms with Crippen molar-refractivity contribution in [2.75, 3.05) is 20.8 Å². The lowest BCUT2D eigenvalue weighted by molar-refractivity contribution is -0.137. The van der Waals surface area contributed by atoms with Crippen molar-refractivity contribution >= 4 is 5.91 Å². The summed E-state index contributed by atoms with van der Waals surface area (Å²) >= 11 is 0. The second kappa shape index (κ2) is 7.15. The lowest BCUT2D eigenvalue weighted by Crippen LogP contribution is -2.43. The molecular weight excluding hydrogens is 318 g/mol. The number of methoxy groups -OCH3 is 2. The molecule has 3 rings (SSSR count). The molecule has 0 saturated carbocycles. The largest absolute Gasteiger partial charge is 0.493 e. The summed E-state index contributed by atoms with van der Waals surface area (Å²) in [7, 11) is 3.18. The van der Waals surface area contributed by atoms with Gasteiger partial charge in [-0.3, -0.25) is 4.79 Å². The van der Waals surface area contributed by atoms with Crippen molar-refractivity contribution in [1.29, 1.82) is 0 Å². The van der Waals surface area contributed by atoms with Crippen molar-refractivity contribution in [2.24, 2.45) is 0 Å². The summed E-state index contributed by atoms with van der Waals surface area (Å²) in [6.45, 7) is 1.86. The van der Waals surface area contributed by atoms with Gasteiger partial charge in [0.1, 0.15) is 0 Å². The van der Waals surface area contributed by atoms with Gasteiger partial charge in [-0.25, -0.2) is 0 Å². The Morgan fingerprint density at radius 2 is 1.80 bits per heavy atom. The Labute approximate surface area is 147 Å². The van der Waals surface area contributed by atoms with Gasteiger partial charge in [0.25, 0.3) is 0 Å². The molecule has 1 N–H and O–H groups in total. The molecule has 2 aromatic rings. The molecule has 0 unspecified atom stereocenters. The maximum absolute atomic E-state index is 12.8. The Kier molecular flexibility index (Phi) is 4.95. The lowest BCUT2D eigenvalue weighted by atomic mass is 9.90. The van der Waals surface area contributed by atoms with Crippen LogP contribution in [-0.2, 0) is 11.2 Å². The third kappa shape index (κ3) is 3.07. The number of aliphatic hydroxyl groups excluding tert-OH is 1. The maximum Gasteiger partial charge on any atom is 0.228 e. The Hall–Kier alpha value is -2.53. The number of hydrogen-bond acceptors (Lipinski definition) is 4. The van der Waals surface area contributed by atoms with Crippen LogP contribution in [0.3, 0.4) is 0 Å². The predicted octanol–water partition coefficient (Wildman–Crippen LogP) is 2.88. The molecule has 5 heteroatoms. The van der Waals surface area contributed by atoms with Gasteiger partial charge in [-0.1, -0.05) is 30.3 Å². The van der Waals surface area contributed by atoms with E-state index in [0.717, 1.165) is 16.7 Å². The second-order valence-electron chi connectivity index (χ2n) is 6.17. The molecule has 1 heterocycles. The van der Waals surface area contributed by atoms with E-state index in [0.29, 0.717) is 11.5 Å². The molecule has 1 amide bonds. The number of carbonyl (C=O) groups excluding carboxylic acids is 1. The molecule has 25 heavy (non-hydrogen) atoms. The van der Waals surface area contributed by atoms with Gasteiger partial charge in [0, 0.05) is 0 Å². The van der Waals surface area contributed by atoms with Crippen LogP contribution in [0.5, 0.6) is 11.5 Å². The number of rotatable bonds is 5. The number of hydrogen-bond donors (Lipinski definition) is 1. The van der Waals surface area contributed by atoms with Crippen molar-refractivity contribution in [3.63, 3.8) is 0 Å². The summed E-state index contributed by atoms with van der Waals surface area (Å²) in [5, 5.41) is 9.96. The summed E-state index contributed by atoms with van der Waals surface area (Å²) < 4.78 is 10.8. The number of ether oxygens (including phenoxy) is 2. The summed E-state index contributed by atoms with van der Waals surface area (Å²) in [5.41, 5.74) is 2.89. The van der Waals surface area contributed by atoms with Crippen molar-refractivity contribution in [2.45, 2.75) is 25.4 Å². The van der Waals surface area contributed by atoms with Crippen molar-refractivity contribution in [3.8, 4) is 11.5 Å². The van der Waals surface area contributed by atoms with Gasteiger partial charge in [0.2, 0.25) is 5.91 Å². The molecule has 5 nitrogen and oxygen atoms in total. The number of carbonyl (C=O) groups is 1. The molecule has 2 aromatic carbocycles. The number of fused-ring (bicyclic) bond motifs is 1. The third-order valence-corrected chi connectivity index (χ3v) is 4.84. The first kappa shape index (κ1) is 17.3. The first-order valence-electron chi connectivity index (χ1n) is 8.32. The highest BCUT2D eigenvalue weighted by molar-refractivity contribution is 5.82. The van der Waals surface area contributed by atoms with Crippen LogP contribution < -0.4 is 9.47 Å². The Balaban J connectivity index is 2.03. The van der Waals surface area contributed by atoms with E-state index in [4.69, 9.17) is 9.47 Å². The summed E-state index contributed by atoms with van der Waals surface area (Å²) in [6.07, 6.45) is 0.281. The van der Waals surface area contributed by atoms with Crippen LogP contribution in [0.2, 0.25) is 0 Å². The zero-order chi connectivity index (χ0) is 18.0. The molecule has 0 fully saturated rings. The van der Waals surface area contributed by atoms with Gasteiger partial charge in [-0.15, -0.1) is 0 Å². The van der Waals surface area contributed by atoms with E-state index in [1.165, 1.54) is 0 Å². The first-order valence-corrected chi connectivity index (χ1v) is 8.32. The predicted molar refractivity (Wildman–Crippen MR) is 94.8 cm³/mol. The monoisotopic (exact) mass is 341 g/mol. The van der Waals surface area contributed by atoms with Crippen molar-refractivity contribution in [3.05, 3.63) is 59.2 Å². The highest BCUT2D eigenvalue weighted by atomic mass is 16.5. The number of aliphatic hydroxyl groups is 1. The van der Waals surface area contributed by atoms with Gasteiger partial charge in [0.15, 0.2) is 11.5 Å².